The third kappa shape index (κ3) is 1.37. The molecule has 0 aromatic heterocycles. The van der Waals surface area contributed by atoms with E-state index in [4.69, 9.17) is 0 Å². The lowest BCUT2D eigenvalue weighted by Crippen LogP contribution is -2.12. The number of carbonyl (C=O) groups excluding carboxylic acids is 1. The minimum atomic E-state index is 0.0809. The van der Waals surface area contributed by atoms with Gasteiger partial charge in [-0.1, -0.05) is 36.9 Å². The van der Waals surface area contributed by atoms with Gasteiger partial charge in [0, 0.05) is 11.3 Å². The Hall–Kier alpha value is -1.57. The maximum Gasteiger partial charge on any atom is 0.187 e. The third-order valence-electron chi connectivity index (χ3n) is 3.59. The number of Topliss-reactive ketones (excluding diaryl/α,β-unsaturated/α-hetero) is 1. The number of ketones is 1. The number of hydrogen-bond acceptors (Lipinski definition) is 2. The van der Waals surface area contributed by atoms with Crippen molar-refractivity contribution < 1.29 is 4.79 Å². The molecule has 2 atom stereocenters. The van der Waals surface area contributed by atoms with Crippen LogP contribution in [0.5, 0.6) is 0 Å². The highest BCUT2D eigenvalue weighted by Gasteiger charge is 2.53. The average molecular weight is 213 g/mol. The van der Waals surface area contributed by atoms with E-state index in [0.717, 1.165) is 24.1 Å². The van der Waals surface area contributed by atoms with E-state index < -0.39 is 0 Å². The molecule has 0 radical (unpaired) electrons. The third-order valence-corrected chi connectivity index (χ3v) is 3.59. The topological polar surface area (TPSA) is 20.1 Å². The SMILES string of the molecule is C=C1CCC[C@@H]2[C@@H](C(=O)c3ccccc3)N12. The number of piperidine rings is 1. The standard InChI is InChI=1S/C14H15NO/c1-10-6-5-9-12-13(15(10)12)14(16)11-7-3-2-4-8-11/h2-4,7-8,12-13H,1,5-6,9H2/t12-,13+,15?/m1/s1. The predicted octanol–water partition coefficient (Wildman–Crippen LogP) is 2.62. The molecule has 0 N–H and O–H groups in total. The van der Waals surface area contributed by atoms with Crippen molar-refractivity contribution in [3.8, 4) is 0 Å². The Kier molecular flexibility index (Phi) is 2.10. The minimum Gasteiger partial charge on any atom is -0.357 e. The molecule has 2 saturated heterocycles. The Morgan fingerprint density at radius 3 is 2.75 bits per heavy atom. The van der Waals surface area contributed by atoms with Crippen LogP contribution in [0.3, 0.4) is 0 Å². The molecule has 0 spiro atoms. The van der Waals surface area contributed by atoms with Crippen molar-refractivity contribution in [3.63, 3.8) is 0 Å². The second-order valence-electron chi connectivity index (χ2n) is 4.61. The molecule has 16 heavy (non-hydrogen) atoms. The molecule has 2 fully saturated rings. The molecule has 2 heterocycles. The Morgan fingerprint density at radius 2 is 2.06 bits per heavy atom. The number of benzene rings is 1. The van der Waals surface area contributed by atoms with Crippen molar-refractivity contribution in [2.45, 2.75) is 31.3 Å². The van der Waals surface area contributed by atoms with Crippen molar-refractivity contribution in [3.05, 3.63) is 48.2 Å². The van der Waals surface area contributed by atoms with E-state index in [1.165, 1.54) is 6.42 Å². The summed E-state index contributed by atoms with van der Waals surface area (Å²) in [5, 5.41) is 0. The molecule has 0 amide bonds. The Morgan fingerprint density at radius 1 is 1.31 bits per heavy atom. The van der Waals surface area contributed by atoms with E-state index in [9.17, 15) is 4.79 Å². The van der Waals surface area contributed by atoms with Crippen LogP contribution in [-0.4, -0.2) is 22.8 Å². The average Bonchev–Trinajstić information content (AvgIpc) is 3.05. The van der Waals surface area contributed by atoms with Crippen LogP contribution in [0.15, 0.2) is 42.6 Å². The Labute approximate surface area is 95.6 Å². The van der Waals surface area contributed by atoms with Crippen LogP contribution in [-0.2, 0) is 0 Å². The molecule has 82 valence electrons. The number of carbonyl (C=O) groups is 1. The van der Waals surface area contributed by atoms with Crippen LogP contribution in [0, 0.1) is 0 Å². The van der Waals surface area contributed by atoms with Gasteiger partial charge in [-0.15, -0.1) is 0 Å². The summed E-state index contributed by atoms with van der Waals surface area (Å²) >= 11 is 0. The zero-order chi connectivity index (χ0) is 11.1. The van der Waals surface area contributed by atoms with Gasteiger partial charge in [-0.25, -0.2) is 0 Å². The van der Waals surface area contributed by atoms with Crippen molar-refractivity contribution >= 4 is 5.78 Å². The van der Waals surface area contributed by atoms with Crippen LogP contribution in [0.4, 0.5) is 0 Å². The first-order valence-electron chi connectivity index (χ1n) is 5.84. The molecule has 0 saturated carbocycles. The van der Waals surface area contributed by atoms with Crippen LogP contribution < -0.4 is 0 Å². The van der Waals surface area contributed by atoms with Crippen LogP contribution in [0.25, 0.3) is 0 Å². The highest BCUT2D eigenvalue weighted by Crippen LogP contribution is 2.43. The van der Waals surface area contributed by atoms with Gasteiger partial charge >= 0.3 is 0 Å². The maximum absolute atomic E-state index is 12.2. The highest BCUT2D eigenvalue weighted by atomic mass is 16.1. The monoisotopic (exact) mass is 213 g/mol. The van der Waals surface area contributed by atoms with Gasteiger partial charge in [-0.3, -0.25) is 4.79 Å². The van der Waals surface area contributed by atoms with Gasteiger partial charge in [0.1, 0.15) is 6.04 Å². The summed E-state index contributed by atoms with van der Waals surface area (Å²) in [5.74, 6) is 0.258. The molecule has 0 unspecified atom stereocenters. The fourth-order valence-electron chi connectivity index (χ4n) is 2.73. The molecule has 1 aromatic rings. The number of fused-ring (bicyclic) bond motifs is 1. The van der Waals surface area contributed by atoms with Gasteiger partial charge in [0.25, 0.3) is 0 Å². The summed E-state index contributed by atoms with van der Waals surface area (Å²) in [6, 6.07) is 10.1. The van der Waals surface area contributed by atoms with Gasteiger partial charge < -0.3 is 4.90 Å². The summed E-state index contributed by atoms with van der Waals surface area (Å²) in [4.78, 5) is 14.4. The number of hydrogen-bond donors (Lipinski definition) is 0. The Balaban J connectivity index is 1.81. The summed E-state index contributed by atoms with van der Waals surface area (Å²) < 4.78 is 0. The van der Waals surface area contributed by atoms with E-state index in [1.54, 1.807) is 0 Å². The minimum absolute atomic E-state index is 0.0809. The van der Waals surface area contributed by atoms with E-state index in [2.05, 4.69) is 11.5 Å². The second-order valence-corrected chi connectivity index (χ2v) is 4.61. The first-order valence-corrected chi connectivity index (χ1v) is 5.84. The fraction of sp³-hybridized carbons (Fsp3) is 0.357. The van der Waals surface area contributed by atoms with E-state index in [-0.39, 0.29) is 11.8 Å². The zero-order valence-corrected chi connectivity index (χ0v) is 9.23. The van der Waals surface area contributed by atoms with Gasteiger partial charge in [-0.05, 0) is 19.3 Å². The molecule has 0 aliphatic carbocycles. The fourth-order valence-corrected chi connectivity index (χ4v) is 2.73. The first-order chi connectivity index (χ1) is 7.79. The number of rotatable bonds is 2. The molecule has 0 bridgehead atoms. The lowest BCUT2D eigenvalue weighted by Gasteiger charge is -2.13. The molecular formula is C14H15NO. The number of allylic oxidation sites excluding steroid dienone is 1. The number of nitrogens with zero attached hydrogens (tertiary/aromatic N) is 1. The van der Waals surface area contributed by atoms with Crippen LogP contribution in [0.2, 0.25) is 0 Å². The van der Waals surface area contributed by atoms with Crippen molar-refractivity contribution in [1.82, 2.24) is 4.90 Å². The lowest BCUT2D eigenvalue weighted by molar-refractivity contribution is 0.0978. The van der Waals surface area contributed by atoms with Gasteiger partial charge in [0.15, 0.2) is 5.78 Å². The molecule has 3 rings (SSSR count). The summed E-state index contributed by atoms with van der Waals surface area (Å²) in [5.41, 5.74) is 1.97. The molecule has 1 aromatic carbocycles. The highest BCUT2D eigenvalue weighted by molar-refractivity contribution is 6.02. The summed E-state index contributed by atoms with van der Waals surface area (Å²) in [6.45, 7) is 4.04. The van der Waals surface area contributed by atoms with Crippen molar-refractivity contribution in [2.24, 2.45) is 0 Å². The summed E-state index contributed by atoms with van der Waals surface area (Å²) in [7, 11) is 0. The van der Waals surface area contributed by atoms with Gasteiger partial charge in [0.05, 0.1) is 6.04 Å². The molecule has 2 heteroatoms. The van der Waals surface area contributed by atoms with E-state index >= 15 is 0 Å². The lowest BCUT2D eigenvalue weighted by atomic mass is 10.0. The second kappa shape index (κ2) is 3.48. The largest absolute Gasteiger partial charge is 0.357 e. The Bertz CT molecular complexity index is 437. The smallest absolute Gasteiger partial charge is 0.187 e. The zero-order valence-electron chi connectivity index (χ0n) is 9.23. The first kappa shape index (κ1) is 9.64. The summed E-state index contributed by atoms with van der Waals surface area (Å²) in [6.07, 6.45) is 3.37. The van der Waals surface area contributed by atoms with E-state index in [1.807, 2.05) is 30.3 Å². The maximum atomic E-state index is 12.2. The van der Waals surface area contributed by atoms with Crippen LogP contribution in [0.1, 0.15) is 29.6 Å². The molecule has 2 aliphatic rings. The van der Waals surface area contributed by atoms with E-state index in [0.29, 0.717) is 6.04 Å². The van der Waals surface area contributed by atoms with Crippen molar-refractivity contribution in [1.29, 1.82) is 0 Å². The quantitative estimate of drug-likeness (QED) is 0.556. The molecule has 2 aliphatic heterocycles. The predicted molar refractivity (Wildman–Crippen MR) is 63.2 cm³/mol. The molecule has 2 nitrogen and oxygen atoms in total. The van der Waals surface area contributed by atoms with Gasteiger partial charge in [-0.2, -0.15) is 0 Å². The van der Waals surface area contributed by atoms with Crippen LogP contribution >= 0.6 is 0 Å². The van der Waals surface area contributed by atoms with Crippen molar-refractivity contribution in [2.75, 3.05) is 0 Å². The molecular weight excluding hydrogens is 198 g/mol. The normalized spacial score (nSPS) is 27.5. The van der Waals surface area contributed by atoms with Gasteiger partial charge in [0.2, 0.25) is 0 Å².